The van der Waals surface area contributed by atoms with Crippen molar-refractivity contribution in [1.29, 1.82) is 0 Å². The summed E-state index contributed by atoms with van der Waals surface area (Å²) in [6.07, 6.45) is 4.42. The van der Waals surface area contributed by atoms with Gasteiger partial charge >= 0.3 is 0 Å². The van der Waals surface area contributed by atoms with Crippen molar-refractivity contribution in [1.82, 2.24) is 5.32 Å². The third kappa shape index (κ3) is 3.15. The molecule has 4 unspecified atom stereocenters. The van der Waals surface area contributed by atoms with Gasteiger partial charge in [0.25, 0.3) is 0 Å². The molecule has 4 heteroatoms. The molecular weight excluding hydrogens is 320 g/mol. The van der Waals surface area contributed by atoms with Crippen molar-refractivity contribution in [3.05, 3.63) is 48.0 Å². The van der Waals surface area contributed by atoms with Crippen molar-refractivity contribution in [2.75, 3.05) is 6.54 Å². The Morgan fingerprint density at radius 2 is 1.83 bits per heavy atom. The quantitative estimate of drug-likeness (QED) is 0.894. The highest BCUT2D eigenvalue weighted by Crippen LogP contribution is 2.47. The van der Waals surface area contributed by atoms with Crippen LogP contribution in [-0.2, 0) is 11.2 Å². The van der Waals surface area contributed by atoms with Gasteiger partial charge in [0.2, 0.25) is 5.91 Å². The Bertz CT molecular complexity index is 730. The average molecular weight is 345 g/mol. The van der Waals surface area contributed by atoms with Crippen molar-refractivity contribution in [3.8, 4) is 0 Å². The predicted molar refractivity (Wildman–Crippen MR) is 100 cm³/mol. The summed E-state index contributed by atoms with van der Waals surface area (Å²) >= 11 is 0. The summed E-state index contributed by atoms with van der Waals surface area (Å²) in [4.78, 5) is 12.5. The maximum atomic E-state index is 12.5. The first kappa shape index (κ1) is 17.2. The van der Waals surface area contributed by atoms with E-state index in [9.17, 15) is 4.79 Å². The van der Waals surface area contributed by atoms with Crippen LogP contribution in [0.15, 0.2) is 42.5 Å². The number of carbonyl (C=O) groups is 1. The lowest BCUT2D eigenvalue weighted by atomic mass is 9.84. The fourth-order valence-electron chi connectivity index (χ4n) is 4.57. The van der Waals surface area contributed by atoms with E-state index in [2.05, 4.69) is 47.8 Å². The third-order valence-corrected chi connectivity index (χ3v) is 5.81. The largest absolute Gasteiger partial charge is 0.355 e. The van der Waals surface area contributed by atoms with Crippen LogP contribution in [-0.4, -0.2) is 18.5 Å². The van der Waals surface area contributed by atoms with E-state index >= 15 is 0 Å². The van der Waals surface area contributed by atoms with Crippen LogP contribution in [0.3, 0.4) is 0 Å². The van der Waals surface area contributed by atoms with Crippen molar-refractivity contribution in [3.63, 3.8) is 0 Å². The highest BCUT2D eigenvalue weighted by atomic mass is 35.5. The molecule has 0 aliphatic heterocycles. The summed E-state index contributed by atoms with van der Waals surface area (Å²) < 4.78 is 0. The molecule has 0 spiro atoms. The molecule has 4 atom stereocenters. The molecule has 4 rings (SSSR count). The highest BCUT2D eigenvalue weighted by molar-refractivity contribution is 5.85. The van der Waals surface area contributed by atoms with E-state index < -0.39 is 0 Å². The Morgan fingerprint density at radius 1 is 1.08 bits per heavy atom. The molecule has 2 aliphatic carbocycles. The number of hydrogen-bond acceptors (Lipinski definition) is 2. The number of benzene rings is 2. The Hall–Kier alpha value is -1.58. The van der Waals surface area contributed by atoms with Gasteiger partial charge in [-0.15, -0.1) is 12.4 Å². The number of halogens is 1. The van der Waals surface area contributed by atoms with Crippen molar-refractivity contribution in [2.24, 2.45) is 23.5 Å². The Labute approximate surface area is 149 Å². The van der Waals surface area contributed by atoms with Gasteiger partial charge in [0.05, 0.1) is 5.92 Å². The van der Waals surface area contributed by atoms with E-state index in [1.165, 1.54) is 29.2 Å². The number of nitrogens with one attached hydrogen (secondary N) is 1. The molecule has 3 N–H and O–H groups in total. The maximum absolute atomic E-state index is 12.5. The maximum Gasteiger partial charge on any atom is 0.224 e. The topological polar surface area (TPSA) is 55.1 Å². The number of nitrogens with two attached hydrogens (primary N) is 1. The Balaban J connectivity index is 0.00000169. The number of hydrogen-bond donors (Lipinski definition) is 2. The molecule has 2 aromatic carbocycles. The van der Waals surface area contributed by atoms with Gasteiger partial charge in [0, 0.05) is 12.6 Å². The summed E-state index contributed by atoms with van der Waals surface area (Å²) in [5.74, 6) is 1.32. The fraction of sp³-hybridized carbons (Fsp3) is 0.450. The average Bonchev–Trinajstić information content (AvgIpc) is 3.15. The summed E-state index contributed by atoms with van der Waals surface area (Å²) in [5, 5.41) is 5.63. The van der Waals surface area contributed by atoms with Crippen LogP contribution in [0, 0.1) is 17.8 Å². The summed E-state index contributed by atoms with van der Waals surface area (Å²) in [5.41, 5.74) is 7.51. The van der Waals surface area contributed by atoms with Crippen molar-refractivity contribution in [2.45, 2.75) is 31.7 Å². The second kappa shape index (κ2) is 7.12. The highest BCUT2D eigenvalue weighted by Gasteiger charge is 2.48. The molecule has 0 heterocycles. The van der Waals surface area contributed by atoms with Crippen LogP contribution >= 0.6 is 12.4 Å². The van der Waals surface area contributed by atoms with Gasteiger partial charge in [-0.3, -0.25) is 4.79 Å². The van der Waals surface area contributed by atoms with Crippen molar-refractivity contribution >= 4 is 29.1 Å². The molecule has 2 aromatic rings. The molecule has 3 nitrogen and oxygen atoms in total. The lowest BCUT2D eigenvalue weighted by molar-refractivity contribution is -0.127. The van der Waals surface area contributed by atoms with Gasteiger partial charge in [-0.05, 0) is 53.9 Å². The van der Waals surface area contributed by atoms with E-state index in [-0.39, 0.29) is 30.3 Å². The van der Waals surface area contributed by atoms with Gasteiger partial charge in [-0.1, -0.05) is 42.5 Å². The van der Waals surface area contributed by atoms with Gasteiger partial charge in [0.15, 0.2) is 0 Å². The van der Waals surface area contributed by atoms with Crippen LogP contribution in [0.2, 0.25) is 0 Å². The molecular formula is C20H25ClN2O. The first-order valence-electron chi connectivity index (χ1n) is 8.73. The summed E-state index contributed by atoms with van der Waals surface area (Å²) in [6.45, 7) is 0.692. The van der Waals surface area contributed by atoms with E-state index in [1.807, 2.05) is 0 Å². The van der Waals surface area contributed by atoms with Crippen LogP contribution in [0.4, 0.5) is 0 Å². The molecule has 2 bridgehead atoms. The monoisotopic (exact) mass is 344 g/mol. The number of carbonyl (C=O) groups excluding carboxylic acids is 1. The van der Waals surface area contributed by atoms with Gasteiger partial charge < -0.3 is 11.1 Å². The summed E-state index contributed by atoms with van der Waals surface area (Å²) in [7, 11) is 0. The number of amides is 1. The molecule has 2 aliphatic rings. The molecule has 0 saturated heterocycles. The van der Waals surface area contributed by atoms with E-state index in [1.54, 1.807) is 0 Å². The minimum Gasteiger partial charge on any atom is -0.355 e. The zero-order valence-corrected chi connectivity index (χ0v) is 14.6. The van der Waals surface area contributed by atoms with Crippen molar-refractivity contribution < 1.29 is 4.79 Å². The van der Waals surface area contributed by atoms with E-state index in [4.69, 9.17) is 5.73 Å². The Kier molecular flexibility index (Phi) is 5.12. The minimum atomic E-state index is 0. The molecule has 0 radical (unpaired) electrons. The lowest BCUT2D eigenvalue weighted by Gasteiger charge is -2.27. The second-order valence-electron chi connectivity index (χ2n) is 7.16. The van der Waals surface area contributed by atoms with Gasteiger partial charge in [-0.2, -0.15) is 0 Å². The standard InChI is InChI=1S/C20H24N2O.ClH/c21-19-17-8-7-16(12-17)18(19)20(23)22-10-9-13-5-6-14-3-1-2-4-15(14)11-13;/h1-6,11,16-19H,7-10,12,21H2,(H,22,23);1H. The Morgan fingerprint density at radius 3 is 2.58 bits per heavy atom. The molecule has 128 valence electrons. The minimum absolute atomic E-state index is 0. The molecule has 24 heavy (non-hydrogen) atoms. The smallest absolute Gasteiger partial charge is 0.224 e. The molecule has 0 aromatic heterocycles. The lowest BCUT2D eigenvalue weighted by Crippen LogP contribution is -2.45. The first-order valence-corrected chi connectivity index (χ1v) is 8.73. The number of fused-ring (bicyclic) bond motifs is 3. The normalized spacial score (nSPS) is 27.9. The van der Waals surface area contributed by atoms with E-state index in [0.29, 0.717) is 18.4 Å². The molecule has 2 saturated carbocycles. The van der Waals surface area contributed by atoms with Crippen LogP contribution in [0.1, 0.15) is 24.8 Å². The molecule has 1 amide bonds. The van der Waals surface area contributed by atoms with Crippen LogP contribution < -0.4 is 11.1 Å². The molecule has 2 fully saturated rings. The zero-order chi connectivity index (χ0) is 15.8. The van der Waals surface area contributed by atoms with Crippen LogP contribution in [0.5, 0.6) is 0 Å². The van der Waals surface area contributed by atoms with Gasteiger partial charge in [0.1, 0.15) is 0 Å². The van der Waals surface area contributed by atoms with E-state index in [0.717, 1.165) is 12.8 Å². The third-order valence-electron chi connectivity index (χ3n) is 5.81. The first-order chi connectivity index (χ1) is 11.2. The fourth-order valence-corrected chi connectivity index (χ4v) is 4.57. The second-order valence-corrected chi connectivity index (χ2v) is 7.16. The van der Waals surface area contributed by atoms with Gasteiger partial charge in [-0.25, -0.2) is 0 Å². The summed E-state index contributed by atoms with van der Waals surface area (Å²) in [6, 6.07) is 15.0. The SMILES string of the molecule is Cl.NC1C2CCC(C2)C1C(=O)NCCc1ccc2ccccc2c1. The zero-order valence-electron chi connectivity index (χ0n) is 13.8. The predicted octanol–water partition coefficient (Wildman–Crippen LogP) is 3.29. The number of rotatable bonds is 4. The van der Waals surface area contributed by atoms with Crippen LogP contribution in [0.25, 0.3) is 10.8 Å².